The molecule has 3 aromatic carbocycles. The third kappa shape index (κ3) is 10.7. The molecule has 0 saturated heterocycles. The van der Waals surface area contributed by atoms with Crippen molar-refractivity contribution in [3.63, 3.8) is 0 Å². The van der Waals surface area contributed by atoms with Gasteiger partial charge < -0.3 is 18.9 Å². The number of rotatable bonds is 8. The zero-order valence-corrected chi connectivity index (χ0v) is 27.0. The van der Waals surface area contributed by atoms with E-state index in [1.807, 2.05) is 78.9 Å². The molecule has 0 amide bonds. The van der Waals surface area contributed by atoms with Crippen LogP contribution in [0.15, 0.2) is 144 Å². The van der Waals surface area contributed by atoms with Gasteiger partial charge in [-0.15, -0.1) is 24.3 Å². The van der Waals surface area contributed by atoms with E-state index in [9.17, 15) is 0 Å². The van der Waals surface area contributed by atoms with Crippen molar-refractivity contribution < 1.29 is 38.7 Å². The molecular formula is C38H36O4Os. The molecule has 3 unspecified atom stereocenters. The number of hydrogen-bond donors (Lipinski definition) is 0. The Labute approximate surface area is 268 Å². The third-order valence-electron chi connectivity index (χ3n) is 6.83. The minimum Gasteiger partial charge on any atom is -0.486 e. The van der Waals surface area contributed by atoms with Crippen LogP contribution in [0.2, 0.25) is 0 Å². The summed E-state index contributed by atoms with van der Waals surface area (Å²) in [7, 11) is 0. The molecule has 3 aliphatic carbocycles. The summed E-state index contributed by atoms with van der Waals surface area (Å²) >= 11 is 0. The fourth-order valence-electron chi connectivity index (χ4n) is 4.50. The van der Waals surface area contributed by atoms with E-state index in [0.717, 1.165) is 48.0 Å². The molecule has 43 heavy (non-hydrogen) atoms. The summed E-state index contributed by atoms with van der Waals surface area (Å²) in [5.74, 6) is 4.16. The smallest absolute Gasteiger partial charge is 0.486 e. The Morgan fingerprint density at radius 2 is 1.00 bits per heavy atom. The standard InChI is InChI=1S/C19H19O2.C19H17O2.Os/c2*1-15-7-9-17(10-8-15)21-19-13-11-18(12-14-19)20-16-5-3-2-4-6-16;/h3-9,11-13,17,19H,10,14H2,1H3;3-9,11-14,17H,10H2,1H3;/q2*-1;+2. The monoisotopic (exact) mass is 748 g/mol. The molecular weight excluding hydrogens is 711 g/mol. The molecule has 3 aliphatic rings. The fourth-order valence-corrected chi connectivity index (χ4v) is 4.50. The van der Waals surface area contributed by atoms with Gasteiger partial charge in [0, 0.05) is 17.9 Å². The van der Waals surface area contributed by atoms with Crippen molar-refractivity contribution in [3.05, 3.63) is 157 Å². The van der Waals surface area contributed by atoms with Gasteiger partial charge in [0.1, 0.15) is 23.4 Å². The second-order valence-electron chi connectivity index (χ2n) is 10.3. The van der Waals surface area contributed by atoms with Crippen molar-refractivity contribution >= 4 is 0 Å². The summed E-state index contributed by atoms with van der Waals surface area (Å²) in [6, 6.07) is 28.6. The molecule has 0 radical (unpaired) electrons. The van der Waals surface area contributed by atoms with Gasteiger partial charge in [-0.2, -0.15) is 36.4 Å². The second kappa shape index (κ2) is 16.7. The van der Waals surface area contributed by atoms with E-state index in [0.29, 0.717) is 0 Å². The Bertz CT molecular complexity index is 1470. The van der Waals surface area contributed by atoms with Crippen LogP contribution in [-0.2, 0) is 24.5 Å². The summed E-state index contributed by atoms with van der Waals surface area (Å²) in [6.07, 6.45) is 22.1. The Balaban J connectivity index is 0.000000192. The van der Waals surface area contributed by atoms with E-state index in [-0.39, 0.29) is 38.1 Å². The van der Waals surface area contributed by atoms with E-state index < -0.39 is 0 Å². The van der Waals surface area contributed by atoms with Crippen LogP contribution >= 0.6 is 0 Å². The number of allylic oxidation sites excluding steroid dienone is 5. The first-order valence-corrected chi connectivity index (χ1v) is 14.4. The first-order valence-electron chi connectivity index (χ1n) is 14.4. The largest absolute Gasteiger partial charge is 2.00 e. The average molecular weight is 747 g/mol. The molecule has 0 aromatic heterocycles. The van der Waals surface area contributed by atoms with Crippen LogP contribution in [0.25, 0.3) is 0 Å². The van der Waals surface area contributed by atoms with Crippen LogP contribution in [0.4, 0.5) is 0 Å². The van der Waals surface area contributed by atoms with Gasteiger partial charge in [-0.05, 0) is 69.2 Å². The zero-order chi connectivity index (χ0) is 29.0. The molecule has 5 heteroatoms. The predicted octanol–water partition coefficient (Wildman–Crippen LogP) is 9.30. The van der Waals surface area contributed by atoms with Crippen LogP contribution in [0, 0.1) is 12.1 Å². The molecule has 0 bridgehead atoms. The maximum atomic E-state index is 6.06. The van der Waals surface area contributed by atoms with Crippen molar-refractivity contribution in [2.24, 2.45) is 0 Å². The van der Waals surface area contributed by atoms with E-state index in [1.54, 1.807) is 0 Å². The summed E-state index contributed by atoms with van der Waals surface area (Å²) in [4.78, 5) is 0. The van der Waals surface area contributed by atoms with Gasteiger partial charge >= 0.3 is 19.8 Å². The van der Waals surface area contributed by atoms with Crippen LogP contribution in [0.1, 0.15) is 33.1 Å². The first-order chi connectivity index (χ1) is 20.6. The maximum absolute atomic E-state index is 6.06. The Morgan fingerprint density at radius 3 is 1.51 bits per heavy atom. The van der Waals surface area contributed by atoms with Crippen LogP contribution in [0.5, 0.6) is 23.0 Å². The molecule has 220 valence electrons. The van der Waals surface area contributed by atoms with Crippen LogP contribution < -0.4 is 14.2 Å². The van der Waals surface area contributed by atoms with E-state index in [2.05, 4.69) is 74.6 Å². The topological polar surface area (TPSA) is 36.9 Å². The zero-order valence-electron chi connectivity index (χ0n) is 24.5. The van der Waals surface area contributed by atoms with Gasteiger partial charge in [0.05, 0.1) is 12.2 Å². The van der Waals surface area contributed by atoms with Gasteiger partial charge in [0.2, 0.25) is 0 Å². The molecule has 3 atom stereocenters. The SMILES string of the molecule is CC1=CCC(OC2C=CC(Oc3cc[c-]cc3)=CC2)C=C1.CC1=CCC(Oc2ccc(Oc3cc[c-]cc3)cc2)C=C1.[Os+2]. The van der Waals surface area contributed by atoms with Gasteiger partial charge in [0.15, 0.2) is 0 Å². The Kier molecular flexibility index (Phi) is 12.4. The molecule has 4 nitrogen and oxygen atoms in total. The molecule has 0 N–H and O–H groups in total. The minimum atomic E-state index is 0. The Hall–Kier alpha value is -3.90. The van der Waals surface area contributed by atoms with Crippen LogP contribution in [-0.4, -0.2) is 18.3 Å². The molecule has 0 aliphatic heterocycles. The Morgan fingerprint density at radius 1 is 0.535 bits per heavy atom. The minimum absolute atomic E-state index is 0. The number of benzene rings is 3. The molecule has 0 fully saturated rings. The maximum Gasteiger partial charge on any atom is 2.00 e. The summed E-state index contributed by atoms with van der Waals surface area (Å²) in [5.41, 5.74) is 2.60. The fraction of sp³-hybridized carbons (Fsp3) is 0.211. The van der Waals surface area contributed by atoms with Crippen molar-refractivity contribution in [1.82, 2.24) is 0 Å². The van der Waals surface area contributed by atoms with E-state index in [4.69, 9.17) is 18.9 Å². The van der Waals surface area contributed by atoms with Gasteiger partial charge in [-0.25, -0.2) is 0 Å². The second-order valence-corrected chi connectivity index (χ2v) is 10.3. The summed E-state index contributed by atoms with van der Waals surface area (Å²) in [6.45, 7) is 4.21. The van der Waals surface area contributed by atoms with E-state index in [1.165, 1.54) is 11.1 Å². The van der Waals surface area contributed by atoms with Crippen molar-refractivity contribution in [2.75, 3.05) is 0 Å². The molecule has 0 heterocycles. The molecule has 0 spiro atoms. The predicted molar refractivity (Wildman–Crippen MR) is 168 cm³/mol. The summed E-state index contributed by atoms with van der Waals surface area (Å²) in [5, 5.41) is 0. The average Bonchev–Trinajstić information content (AvgIpc) is 3.03. The van der Waals surface area contributed by atoms with Crippen molar-refractivity contribution in [3.8, 4) is 23.0 Å². The summed E-state index contributed by atoms with van der Waals surface area (Å²) < 4.78 is 23.5. The van der Waals surface area contributed by atoms with Crippen LogP contribution in [0.3, 0.4) is 0 Å². The van der Waals surface area contributed by atoms with Gasteiger partial charge in [-0.3, -0.25) is 0 Å². The molecule has 6 rings (SSSR count). The first kappa shape index (κ1) is 32.0. The van der Waals surface area contributed by atoms with Gasteiger partial charge in [-0.1, -0.05) is 47.6 Å². The molecule has 3 aromatic rings. The van der Waals surface area contributed by atoms with Crippen molar-refractivity contribution in [1.29, 1.82) is 0 Å². The normalized spacial score (nSPS) is 20.3. The number of hydrogen-bond acceptors (Lipinski definition) is 4. The quantitative estimate of drug-likeness (QED) is 0.216. The number of ether oxygens (including phenoxy) is 4. The van der Waals surface area contributed by atoms with Gasteiger partial charge in [0.25, 0.3) is 0 Å². The van der Waals surface area contributed by atoms with Crippen molar-refractivity contribution in [2.45, 2.75) is 51.4 Å². The molecule has 0 saturated carbocycles. The third-order valence-corrected chi connectivity index (χ3v) is 6.83. The van der Waals surface area contributed by atoms with E-state index >= 15 is 0 Å².